The fourth-order valence-corrected chi connectivity index (χ4v) is 3.85. The molecule has 1 aliphatic heterocycles. The van der Waals surface area contributed by atoms with Gasteiger partial charge in [0.25, 0.3) is 0 Å². The van der Waals surface area contributed by atoms with Crippen molar-refractivity contribution >= 4 is 5.96 Å². The minimum atomic E-state index is 0.437. The van der Waals surface area contributed by atoms with E-state index in [1.807, 2.05) is 7.05 Å². The highest BCUT2D eigenvalue weighted by Gasteiger charge is 2.22. The second kappa shape index (κ2) is 10.1. The molecule has 0 aromatic heterocycles. The minimum absolute atomic E-state index is 0.437. The SMILES string of the molecule is CCOC1CCN(C(=NC)NCCN(C)C2CCCCC2)CC1. The molecule has 0 aromatic rings. The highest BCUT2D eigenvalue weighted by molar-refractivity contribution is 5.79. The van der Waals surface area contributed by atoms with E-state index in [2.05, 4.69) is 34.1 Å². The van der Waals surface area contributed by atoms with Crippen LogP contribution in [0, 0.1) is 0 Å². The van der Waals surface area contributed by atoms with Crippen LogP contribution < -0.4 is 5.32 Å². The van der Waals surface area contributed by atoms with Crippen molar-refractivity contribution in [3.05, 3.63) is 0 Å². The first-order chi connectivity index (χ1) is 11.2. The molecule has 0 unspecified atom stereocenters. The number of hydrogen-bond acceptors (Lipinski definition) is 3. The Kier molecular flexibility index (Phi) is 8.17. The molecular formula is C18H36N4O. The lowest BCUT2D eigenvalue weighted by atomic mass is 9.94. The number of piperidine rings is 1. The monoisotopic (exact) mass is 324 g/mol. The molecule has 0 radical (unpaired) electrons. The maximum atomic E-state index is 5.73. The van der Waals surface area contributed by atoms with Crippen molar-refractivity contribution < 1.29 is 4.74 Å². The van der Waals surface area contributed by atoms with E-state index >= 15 is 0 Å². The summed E-state index contributed by atoms with van der Waals surface area (Å²) in [6.07, 6.45) is 9.62. The smallest absolute Gasteiger partial charge is 0.193 e. The predicted molar refractivity (Wildman–Crippen MR) is 97.1 cm³/mol. The Hall–Kier alpha value is -0.810. The summed E-state index contributed by atoms with van der Waals surface area (Å²) in [7, 11) is 4.16. The lowest BCUT2D eigenvalue weighted by Crippen LogP contribution is -2.49. The number of rotatable bonds is 6. The molecule has 0 aromatic carbocycles. The normalized spacial score (nSPS) is 21.9. The molecule has 1 heterocycles. The summed E-state index contributed by atoms with van der Waals surface area (Å²) >= 11 is 0. The maximum absolute atomic E-state index is 5.73. The summed E-state index contributed by atoms with van der Waals surface area (Å²) in [5, 5.41) is 3.55. The Balaban J connectivity index is 1.67. The molecular weight excluding hydrogens is 288 g/mol. The Morgan fingerprint density at radius 1 is 1.17 bits per heavy atom. The van der Waals surface area contributed by atoms with Crippen molar-refractivity contribution in [1.82, 2.24) is 15.1 Å². The zero-order valence-electron chi connectivity index (χ0n) is 15.4. The van der Waals surface area contributed by atoms with E-state index in [-0.39, 0.29) is 0 Å². The highest BCUT2D eigenvalue weighted by atomic mass is 16.5. The molecule has 0 spiro atoms. The van der Waals surface area contributed by atoms with E-state index in [0.717, 1.165) is 57.6 Å². The number of hydrogen-bond donors (Lipinski definition) is 1. The van der Waals surface area contributed by atoms with Gasteiger partial charge in [0.15, 0.2) is 5.96 Å². The van der Waals surface area contributed by atoms with Crippen LogP contribution in [0.25, 0.3) is 0 Å². The van der Waals surface area contributed by atoms with Gasteiger partial charge in [-0.25, -0.2) is 0 Å². The van der Waals surface area contributed by atoms with Gasteiger partial charge in [-0.3, -0.25) is 4.99 Å². The molecule has 0 atom stereocenters. The number of nitrogens with one attached hydrogen (secondary N) is 1. The van der Waals surface area contributed by atoms with Crippen molar-refractivity contribution in [2.75, 3.05) is 46.9 Å². The van der Waals surface area contributed by atoms with E-state index in [0.29, 0.717) is 6.10 Å². The number of likely N-dealkylation sites (tertiary alicyclic amines) is 1. The van der Waals surface area contributed by atoms with Crippen molar-refractivity contribution in [2.45, 2.75) is 64.0 Å². The van der Waals surface area contributed by atoms with Gasteiger partial charge in [-0.15, -0.1) is 0 Å². The van der Waals surface area contributed by atoms with Crippen LogP contribution in [0.3, 0.4) is 0 Å². The standard InChI is InChI=1S/C18H36N4O/c1-4-23-17-10-13-22(14-11-17)18(19-2)20-12-15-21(3)16-8-6-5-7-9-16/h16-17H,4-15H2,1-3H3,(H,19,20). The van der Waals surface area contributed by atoms with E-state index in [9.17, 15) is 0 Å². The van der Waals surface area contributed by atoms with Gasteiger partial charge in [0, 0.05) is 45.9 Å². The van der Waals surface area contributed by atoms with Gasteiger partial charge in [0.1, 0.15) is 0 Å². The highest BCUT2D eigenvalue weighted by Crippen LogP contribution is 2.21. The van der Waals surface area contributed by atoms with Gasteiger partial charge in [-0.2, -0.15) is 0 Å². The predicted octanol–water partition coefficient (Wildman–Crippen LogP) is 2.33. The number of guanidine groups is 1. The third-order valence-corrected chi connectivity index (χ3v) is 5.30. The van der Waals surface area contributed by atoms with E-state index in [1.165, 1.54) is 32.1 Å². The minimum Gasteiger partial charge on any atom is -0.378 e. The Morgan fingerprint density at radius 3 is 2.48 bits per heavy atom. The molecule has 1 N–H and O–H groups in total. The summed E-state index contributed by atoms with van der Waals surface area (Å²) in [6.45, 7) is 7.07. The zero-order valence-corrected chi connectivity index (χ0v) is 15.4. The summed E-state index contributed by atoms with van der Waals surface area (Å²) in [4.78, 5) is 9.36. The fraction of sp³-hybridized carbons (Fsp3) is 0.944. The first-order valence-electron chi connectivity index (χ1n) is 9.52. The molecule has 134 valence electrons. The molecule has 0 amide bonds. The fourth-order valence-electron chi connectivity index (χ4n) is 3.85. The average Bonchev–Trinajstić information content (AvgIpc) is 2.60. The van der Waals surface area contributed by atoms with Crippen molar-refractivity contribution in [3.63, 3.8) is 0 Å². The van der Waals surface area contributed by atoms with E-state index < -0.39 is 0 Å². The quantitative estimate of drug-likeness (QED) is 0.601. The average molecular weight is 325 g/mol. The van der Waals surface area contributed by atoms with Gasteiger partial charge in [0.05, 0.1) is 6.10 Å². The summed E-state index contributed by atoms with van der Waals surface area (Å²) in [6, 6.07) is 0.787. The van der Waals surface area contributed by atoms with Crippen molar-refractivity contribution in [2.24, 2.45) is 4.99 Å². The summed E-state index contributed by atoms with van der Waals surface area (Å²) in [5.74, 6) is 1.05. The zero-order chi connectivity index (χ0) is 16.5. The molecule has 5 heteroatoms. The third-order valence-electron chi connectivity index (χ3n) is 5.30. The van der Waals surface area contributed by atoms with Gasteiger partial charge >= 0.3 is 0 Å². The van der Waals surface area contributed by atoms with Crippen LogP contribution in [-0.2, 0) is 4.74 Å². The second-order valence-electron chi connectivity index (χ2n) is 6.89. The number of nitrogens with zero attached hydrogens (tertiary/aromatic N) is 3. The second-order valence-corrected chi connectivity index (χ2v) is 6.89. The van der Waals surface area contributed by atoms with Crippen LogP contribution >= 0.6 is 0 Å². The molecule has 5 nitrogen and oxygen atoms in total. The van der Waals surface area contributed by atoms with Crippen LogP contribution in [0.1, 0.15) is 51.9 Å². The number of likely N-dealkylation sites (N-methyl/N-ethyl adjacent to an activating group) is 1. The molecule has 0 bridgehead atoms. The van der Waals surface area contributed by atoms with Crippen LogP contribution in [0.5, 0.6) is 0 Å². The Bertz CT molecular complexity index is 347. The first kappa shape index (κ1) is 18.5. The van der Waals surface area contributed by atoms with Crippen LogP contribution in [-0.4, -0.2) is 74.8 Å². The number of aliphatic imine (C=N–C) groups is 1. The summed E-state index contributed by atoms with van der Waals surface area (Å²) in [5.41, 5.74) is 0. The molecule has 23 heavy (non-hydrogen) atoms. The van der Waals surface area contributed by atoms with Gasteiger partial charge in [-0.05, 0) is 39.7 Å². The summed E-state index contributed by atoms with van der Waals surface area (Å²) < 4.78 is 5.73. The molecule has 1 aliphatic carbocycles. The largest absolute Gasteiger partial charge is 0.378 e. The Morgan fingerprint density at radius 2 is 1.87 bits per heavy atom. The van der Waals surface area contributed by atoms with Gasteiger partial charge < -0.3 is 19.9 Å². The van der Waals surface area contributed by atoms with Gasteiger partial charge in [0.2, 0.25) is 0 Å². The first-order valence-corrected chi connectivity index (χ1v) is 9.52. The molecule has 2 rings (SSSR count). The van der Waals surface area contributed by atoms with Gasteiger partial charge in [-0.1, -0.05) is 19.3 Å². The van der Waals surface area contributed by atoms with Crippen LogP contribution in [0.15, 0.2) is 4.99 Å². The Labute approximate surface area is 142 Å². The molecule has 1 saturated carbocycles. The molecule has 1 saturated heterocycles. The topological polar surface area (TPSA) is 40.1 Å². The van der Waals surface area contributed by atoms with E-state index in [1.54, 1.807) is 0 Å². The lowest BCUT2D eigenvalue weighted by molar-refractivity contribution is 0.0263. The number of ether oxygens (including phenoxy) is 1. The molecule has 2 fully saturated rings. The molecule has 2 aliphatic rings. The van der Waals surface area contributed by atoms with Crippen LogP contribution in [0.4, 0.5) is 0 Å². The maximum Gasteiger partial charge on any atom is 0.193 e. The van der Waals surface area contributed by atoms with Crippen molar-refractivity contribution in [1.29, 1.82) is 0 Å². The van der Waals surface area contributed by atoms with Crippen LogP contribution in [0.2, 0.25) is 0 Å². The van der Waals surface area contributed by atoms with Crippen molar-refractivity contribution in [3.8, 4) is 0 Å². The van der Waals surface area contributed by atoms with E-state index in [4.69, 9.17) is 4.74 Å². The third kappa shape index (κ3) is 5.96. The lowest BCUT2D eigenvalue weighted by Gasteiger charge is -2.35.